The van der Waals surface area contributed by atoms with Gasteiger partial charge in [0.25, 0.3) is 0 Å². The number of hydrogen-bond donors (Lipinski definition) is 2. The van der Waals surface area contributed by atoms with Crippen molar-refractivity contribution in [1.29, 1.82) is 0 Å². The van der Waals surface area contributed by atoms with Crippen LogP contribution in [0.5, 0.6) is 0 Å². The van der Waals surface area contributed by atoms with Crippen molar-refractivity contribution in [3.63, 3.8) is 0 Å². The summed E-state index contributed by atoms with van der Waals surface area (Å²) in [7, 11) is 0. The molecule has 0 radical (unpaired) electrons. The maximum Gasteiger partial charge on any atom is 0.222 e. The fourth-order valence-corrected chi connectivity index (χ4v) is 2.73. The predicted octanol–water partition coefficient (Wildman–Crippen LogP) is 1.51. The number of nitrogens with two attached hydrogens (primary N) is 1. The number of nitrogens with zero attached hydrogens (tertiary/aromatic N) is 1. The van der Waals surface area contributed by atoms with Crippen LogP contribution in [0.4, 0.5) is 0 Å². The van der Waals surface area contributed by atoms with Crippen LogP contribution in [0.25, 0.3) is 0 Å². The number of rotatable bonds is 6. The topological polar surface area (TPSA) is 66.6 Å². The third kappa shape index (κ3) is 4.94. The lowest BCUT2D eigenvalue weighted by atomic mass is 9.83. The Kier molecular flexibility index (Phi) is 6.65. The zero-order chi connectivity index (χ0) is 13.5. The molecule has 4 heteroatoms. The Labute approximate surface area is 111 Å². The number of hydrogen-bond acceptors (Lipinski definition) is 3. The standard InChI is InChI=1S/C14H28N2O2/c1-11(2)16(9-10-17)14(18)8-5-12-3-6-13(15)7-4-12/h11-13,17H,3-10,15H2,1-2H3. The van der Waals surface area contributed by atoms with E-state index in [1.54, 1.807) is 4.90 Å². The highest BCUT2D eigenvalue weighted by Gasteiger charge is 2.21. The van der Waals surface area contributed by atoms with Crippen LogP contribution in [-0.2, 0) is 4.79 Å². The summed E-state index contributed by atoms with van der Waals surface area (Å²) in [5.74, 6) is 0.839. The molecule has 1 aliphatic carbocycles. The molecule has 0 aromatic rings. The van der Waals surface area contributed by atoms with Gasteiger partial charge in [0.2, 0.25) is 5.91 Å². The van der Waals surface area contributed by atoms with Gasteiger partial charge in [0.1, 0.15) is 0 Å². The van der Waals surface area contributed by atoms with Crippen molar-refractivity contribution in [3.8, 4) is 0 Å². The van der Waals surface area contributed by atoms with Crippen molar-refractivity contribution in [2.24, 2.45) is 11.7 Å². The third-order valence-corrected chi connectivity index (χ3v) is 3.94. The summed E-state index contributed by atoms with van der Waals surface area (Å²) in [6.07, 6.45) is 6.11. The molecule has 0 heterocycles. The third-order valence-electron chi connectivity index (χ3n) is 3.94. The zero-order valence-corrected chi connectivity index (χ0v) is 11.8. The predicted molar refractivity (Wildman–Crippen MR) is 73.1 cm³/mol. The smallest absolute Gasteiger partial charge is 0.222 e. The second kappa shape index (κ2) is 7.74. The molecule has 0 spiro atoms. The molecular weight excluding hydrogens is 228 g/mol. The Balaban J connectivity index is 2.30. The second-order valence-electron chi connectivity index (χ2n) is 5.72. The first-order valence-electron chi connectivity index (χ1n) is 7.20. The van der Waals surface area contributed by atoms with Gasteiger partial charge in [-0.15, -0.1) is 0 Å². The van der Waals surface area contributed by atoms with Crippen LogP contribution in [0.2, 0.25) is 0 Å². The second-order valence-corrected chi connectivity index (χ2v) is 5.72. The van der Waals surface area contributed by atoms with Gasteiger partial charge >= 0.3 is 0 Å². The maximum atomic E-state index is 12.1. The van der Waals surface area contributed by atoms with Crippen LogP contribution in [0.3, 0.4) is 0 Å². The lowest BCUT2D eigenvalue weighted by molar-refractivity contribution is -0.133. The number of amides is 1. The van der Waals surface area contributed by atoms with Crippen LogP contribution in [0.15, 0.2) is 0 Å². The molecule has 0 aromatic heterocycles. The first-order chi connectivity index (χ1) is 8.54. The normalized spacial score (nSPS) is 24.3. The summed E-state index contributed by atoms with van der Waals surface area (Å²) in [6.45, 7) is 4.48. The van der Waals surface area contributed by atoms with Crippen LogP contribution in [-0.4, -0.2) is 41.1 Å². The van der Waals surface area contributed by atoms with E-state index in [9.17, 15) is 4.79 Å². The minimum Gasteiger partial charge on any atom is -0.395 e. The minimum atomic E-state index is 0.0439. The van der Waals surface area contributed by atoms with Crippen molar-refractivity contribution < 1.29 is 9.90 Å². The van der Waals surface area contributed by atoms with E-state index in [1.165, 1.54) is 0 Å². The molecule has 1 saturated carbocycles. The maximum absolute atomic E-state index is 12.1. The van der Waals surface area contributed by atoms with Gasteiger partial charge in [0.05, 0.1) is 6.61 Å². The average molecular weight is 256 g/mol. The molecule has 1 aliphatic rings. The zero-order valence-electron chi connectivity index (χ0n) is 11.8. The van der Waals surface area contributed by atoms with Crippen molar-refractivity contribution in [2.75, 3.05) is 13.2 Å². The van der Waals surface area contributed by atoms with Gasteiger partial charge in [-0.3, -0.25) is 4.79 Å². The lowest BCUT2D eigenvalue weighted by Gasteiger charge is -2.29. The molecule has 0 aromatic carbocycles. The summed E-state index contributed by atoms with van der Waals surface area (Å²) >= 11 is 0. The van der Waals surface area contributed by atoms with Crippen molar-refractivity contribution in [2.45, 2.75) is 64.5 Å². The molecule has 4 nitrogen and oxygen atoms in total. The van der Waals surface area contributed by atoms with E-state index in [2.05, 4.69) is 0 Å². The summed E-state index contributed by atoms with van der Waals surface area (Å²) in [4.78, 5) is 13.8. The van der Waals surface area contributed by atoms with Gasteiger partial charge in [-0.1, -0.05) is 0 Å². The van der Waals surface area contributed by atoms with E-state index in [-0.39, 0.29) is 18.6 Å². The van der Waals surface area contributed by atoms with E-state index in [0.29, 0.717) is 24.9 Å². The molecule has 1 amide bonds. The lowest BCUT2D eigenvalue weighted by Crippen LogP contribution is -2.39. The number of carbonyl (C=O) groups excluding carboxylic acids is 1. The van der Waals surface area contributed by atoms with Gasteiger partial charge in [-0.2, -0.15) is 0 Å². The van der Waals surface area contributed by atoms with Gasteiger partial charge in [0, 0.05) is 25.0 Å². The Morgan fingerprint density at radius 2 is 1.94 bits per heavy atom. The molecule has 0 aliphatic heterocycles. The average Bonchev–Trinajstić information content (AvgIpc) is 2.34. The molecule has 3 N–H and O–H groups in total. The Bertz CT molecular complexity index is 248. The Morgan fingerprint density at radius 3 is 2.44 bits per heavy atom. The highest BCUT2D eigenvalue weighted by atomic mass is 16.3. The first-order valence-corrected chi connectivity index (χ1v) is 7.20. The van der Waals surface area contributed by atoms with Crippen molar-refractivity contribution in [1.82, 2.24) is 4.90 Å². The van der Waals surface area contributed by atoms with E-state index >= 15 is 0 Å². The van der Waals surface area contributed by atoms with Gasteiger partial charge in [0.15, 0.2) is 0 Å². The highest BCUT2D eigenvalue weighted by Crippen LogP contribution is 2.27. The summed E-state index contributed by atoms with van der Waals surface area (Å²) in [5, 5.41) is 8.97. The molecule has 0 unspecified atom stereocenters. The van der Waals surface area contributed by atoms with Gasteiger partial charge in [-0.25, -0.2) is 0 Å². The largest absolute Gasteiger partial charge is 0.395 e. The summed E-state index contributed by atoms with van der Waals surface area (Å²) in [5.41, 5.74) is 5.88. The summed E-state index contributed by atoms with van der Waals surface area (Å²) in [6, 6.07) is 0.544. The Morgan fingerprint density at radius 1 is 1.33 bits per heavy atom. The van der Waals surface area contributed by atoms with E-state index in [0.717, 1.165) is 32.1 Å². The molecule has 106 valence electrons. The molecule has 0 saturated heterocycles. The minimum absolute atomic E-state index is 0.0439. The number of aliphatic hydroxyl groups is 1. The van der Waals surface area contributed by atoms with Crippen molar-refractivity contribution in [3.05, 3.63) is 0 Å². The Hall–Kier alpha value is -0.610. The van der Waals surface area contributed by atoms with Crippen LogP contribution in [0, 0.1) is 5.92 Å². The number of aliphatic hydroxyl groups excluding tert-OH is 1. The van der Waals surface area contributed by atoms with Crippen LogP contribution >= 0.6 is 0 Å². The van der Waals surface area contributed by atoms with Crippen LogP contribution < -0.4 is 5.73 Å². The fraction of sp³-hybridized carbons (Fsp3) is 0.929. The molecule has 18 heavy (non-hydrogen) atoms. The molecule has 1 rings (SSSR count). The summed E-state index contributed by atoms with van der Waals surface area (Å²) < 4.78 is 0. The quantitative estimate of drug-likeness (QED) is 0.757. The van der Waals surface area contributed by atoms with E-state index < -0.39 is 0 Å². The highest BCUT2D eigenvalue weighted by molar-refractivity contribution is 5.76. The molecule has 1 fully saturated rings. The first kappa shape index (κ1) is 15.4. The SMILES string of the molecule is CC(C)N(CCO)C(=O)CCC1CCC(N)CC1. The number of carbonyl (C=O) groups is 1. The molecular formula is C14H28N2O2. The van der Waals surface area contributed by atoms with E-state index in [4.69, 9.17) is 10.8 Å². The fourth-order valence-electron chi connectivity index (χ4n) is 2.73. The van der Waals surface area contributed by atoms with Gasteiger partial charge in [-0.05, 0) is 51.9 Å². The van der Waals surface area contributed by atoms with E-state index in [1.807, 2.05) is 13.8 Å². The molecule has 0 atom stereocenters. The molecule has 0 bridgehead atoms. The van der Waals surface area contributed by atoms with Crippen LogP contribution in [0.1, 0.15) is 52.4 Å². The van der Waals surface area contributed by atoms with Crippen molar-refractivity contribution >= 4 is 5.91 Å². The monoisotopic (exact) mass is 256 g/mol. The van der Waals surface area contributed by atoms with Gasteiger partial charge < -0.3 is 15.7 Å².